The lowest BCUT2D eigenvalue weighted by Gasteiger charge is -2.22. The molecular weight excluding hydrogens is 418 g/mol. The Balaban J connectivity index is 1.94. The van der Waals surface area contributed by atoms with Gasteiger partial charge in [-0.3, -0.25) is 9.59 Å². The molecule has 0 bridgehead atoms. The lowest BCUT2D eigenvalue weighted by atomic mass is 10.0. The average molecular weight is 442 g/mol. The van der Waals surface area contributed by atoms with Crippen molar-refractivity contribution in [2.24, 2.45) is 0 Å². The first-order chi connectivity index (χ1) is 13.5. The van der Waals surface area contributed by atoms with E-state index in [4.69, 9.17) is 5.26 Å². The molecule has 2 aromatic carbocycles. The van der Waals surface area contributed by atoms with E-state index in [0.29, 0.717) is 6.54 Å². The maximum Gasteiger partial charge on any atom is 0.227 e. The standard InChI is InChI=1S/C22H24BrN3O2/c1-2-20(17-9-11-18(23)12-10-17)25-21(27)13-14-22(28)26(16-6-15-24)19-7-4-3-5-8-19/h3-5,7-12,20H,2,6,13-14,16H2,1H3,(H,25,27). The van der Waals surface area contributed by atoms with Crippen molar-refractivity contribution >= 4 is 33.4 Å². The third-order valence-electron chi connectivity index (χ3n) is 4.40. The highest BCUT2D eigenvalue weighted by Crippen LogP contribution is 2.20. The Kier molecular flexibility index (Phi) is 8.70. The number of halogens is 1. The number of nitrogens with zero attached hydrogens (tertiary/aromatic N) is 2. The molecule has 146 valence electrons. The van der Waals surface area contributed by atoms with E-state index < -0.39 is 0 Å². The quantitative estimate of drug-likeness (QED) is 0.610. The SMILES string of the molecule is CCC(NC(=O)CCC(=O)N(CCC#N)c1ccccc1)c1ccc(Br)cc1. The van der Waals surface area contributed by atoms with E-state index in [1.54, 1.807) is 4.90 Å². The first-order valence-corrected chi connectivity index (χ1v) is 10.1. The molecule has 0 saturated carbocycles. The lowest BCUT2D eigenvalue weighted by molar-refractivity contribution is -0.125. The predicted octanol–water partition coefficient (Wildman–Crippen LogP) is 4.74. The Morgan fingerprint density at radius 3 is 2.39 bits per heavy atom. The maximum absolute atomic E-state index is 12.6. The number of hydrogen-bond acceptors (Lipinski definition) is 3. The van der Waals surface area contributed by atoms with Gasteiger partial charge in [0.15, 0.2) is 0 Å². The molecule has 2 rings (SSSR count). The van der Waals surface area contributed by atoms with Gasteiger partial charge < -0.3 is 10.2 Å². The molecule has 0 aliphatic heterocycles. The zero-order valence-electron chi connectivity index (χ0n) is 15.9. The van der Waals surface area contributed by atoms with Crippen molar-refractivity contribution in [2.45, 2.75) is 38.6 Å². The second-order valence-corrected chi connectivity index (χ2v) is 7.28. The topological polar surface area (TPSA) is 73.2 Å². The number of amides is 2. The summed E-state index contributed by atoms with van der Waals surface area (Å²) >= 11 is 3.41. The maximum atomic E-state index is 12.6. The summed E-state index contributed by atoms with van der Waals surface area (Å²) in [6, 6.07) is 19.0. The van der Waals surface area contributed by atoms with E-state index in [-0.39, 0.29) is 37.1 Å². The molecule has 6 heteroatoms. The second kappa shape index (κ2) is 11.3. The number of benzene rings is 2. The molecule has 0 saturated heterocycles. The van der Waals surface area contributed by atoms with Crippen molar-refractivity contribution in [3.63, 3.8) is 0 Å². The Labute approximate surface area is 174 Å². The highest BCUT2D eigenvalue weighted by Gasteiger charge is 2.18. The van der Waals surface area contributed by atoms with Crippen molar-refractivity contribution in [1.29, 1.82) is 5.26 Å². The van der Waals surface area contributed by atoms with Crippen molar-refractivity contribution in [1.82, 2.24) is 5.32 Å². The van der Waals surface area contributed by atoms with Crippen LogP contribution in [0, 0.1) is 11.3 Å². The predicted molar refractivity (Wildman–Crippen MR) is 114 cm³/mol. The molecule has 2 amide bonds. The summed E-state index contributed by atoms with van der Waals surface area (Å²) in [5.41, 5.74) is 1.77. The van der Waals surface area contributed by atoms with Crippen LogP contribution in [0.2, 0.25) is 0 Å². The summed E-state index contributed by atoms with van der Waals surface area (Å²) in [5, 5.41) is 11.9. The minimum Gasteiger partial charge on any atom is -0.349 e. The molecule has 1 atom stereocenters. The Bertz CT molecular complexity index is 816. The van der Waals surface area contributed by atoms with Crippen molar-refractivity contribution in [2.75, 3.05) is 11.4 Å². The van der Waals surface area contributed by atoms with Crippen LogP contribution < -0.4 is 10.2 Å². The molecule has 0 heterocycles. The van der Waals surface area contributed by atoms with Crippen molar-refractivity contribution in [3.8, 4) is 6.07 Å². The van der Waals surface area contributed by atoms with E-state index in [2.05, 4.69) is 27.3 Å². The number of hydrogen-bond donors (Lipinski definition) is 1. The molecule has 1 N–H and O–H groups in total. The highest BCUT2D eigenvalue weighted by atomic mass is 79.9. The van der Waals surface area contributed by atoms with Gasteiger partial charge in [0.25, 0.3) is 0 Å². The van der Waals surface area contributed by atoms with E-state index in [0.717, 1.165) is 22.1 Å². The summed E-state index contributed by atoms with van der Waals surface area (Å²) < 4.78 is 0.987. The summed E-state index contributed by atoms with van der Waals surface area (Å²) in [7, 11) is 0. The first-order valence-electron chi connectivity index (χ1n) is 9.32. The van der Waals surface area contributed by atoms with Gasteiger partial charge in [-0.05, 0) is 36.2 Å². The van der Waals surface area contributed by atoms with Gasteiger partial charge in [0, 0.05) is 29.5 Å². The molecular formula is C22H24BrN3O2. The van der Waals surface area contributed by atoms with Crippen LogP contribution in [-0.4, -0.2) is 18.4 Å². The van der Waals surface area contributed by atoms with Gasteiger partial charge in [-0.1, -0.05) is 53.2 Å². The van der Waals surface area contributed by atoms with Gasteiger partial charge in [0.05, 0.1) is 18.5 Å². The molecule has 0 spiro atoms. The fourth-order valence-corrected chi connectivity index (χ4v) is 3.17. The molecule has 0 aliphatic carbocycles. The molecule has 0 aliphatic rings. The number of nitriles is 1. The fraction of sp³-hybridized carbons (Fsp3) is 0.318. The average Bonchev–Trinajstić information content (AvgIpc) is 2.72. The monoisotopic (exact) mass is 441 g/mol. The third kappa shape index (κ3) is 6.50. The number of carbonyl (C=O) groups excluding carboxylic acids is 2. The largest absolute Gasteiger partial charge is 0.349 e. The number of para-hydroxylation sites is 1. The number of rotatable bonds is 9. The van der Waals surface area contributed by atoms with E-state index >= 15 is 0 Å². The van der Waals surface area contributed by atoms with Crippen LogP contribution in [0.4, 0.5) is 5.69 Å². The minimum atomic E-state index is -0.159. The van der Waals surface area contributed by atoms with E-state index in [1.165, 1.54) is 0 Å². The van der Waals surface area contributed by atoms with Gasteiger partial charge in [-0.15, -0.1) is 0 Å². The Morgan fingerprint density at radius 2 is 1.79 bits per heavy atom. The van der Waals surface area contributed by atoms with Gasteiger partial charge in [-0.2, -0.15) is 5.26 Å². The zero-order valence-corrected chi connectivity index (χ0v) is 17.5. The van der Waals surface area contributed by atoms with Gasteiger partial charge in [0.2, 0.25) is 11.8 Å². The van der Waals surface area contributed by atoms with Gasteiger partial charge in [-0.25, -0.2) is 0 Å². The smallest absolute Gasteiger partial charge is 0.227 e. The Hall–Kier alpha value is -2.65. The second-order valence-electron chi connectivity index (χ2n) is 6.37. The zero-order chi connectivity index (χ0) is 20.4. The highest BCUT2D eigenvalue weighted by molar-refractivity contribution is 9.10. The summed E-state index contributed by atoms with van der Waals surface area (Å²) in [6.45, 7) is 2.33. The summed E-state index contributed by atoms with van der Waals surface area (Å²) in [5.74, 6) is -0.315. The first kappa shape index (κ1) is 21.6. The Morgan fingerprint density at radius 1 is 1.11 bits per heavy atom. The van der Waals surface area contributed by atoms with Gasteiger partial charge >= 0.3 is 0 Å². The van der Waals surface area contributed by atoms with Crippen LogP contribution in [0.15, 0.2) is 59.1 Å². The van der Waals surface area contributed by atoms with Crippen molar-refractivity contribution < 1.29 is 9.59 Å². The third-order valence-corrected chi connectivity index (χ3v) is 4.93. The number of anilines is 1. The molecule has 1 unspecified atom stereocenters. The van der Waals surface area contributed by atoms with Crippen LogP contribution in [0.5, 0.6) is 0 Å². The van der Waals surface area contributed by atoms with E-state index in [1.807, 2.05) is 61.5 Å². The van der Waals surface area contributed by atoms with Crippen molar-refractivity contribution in [3.05, 3.63) is 64.6 Å². The van der Waals surface area contributed by atoms with Crippen LogP contribution >= 0.6 is 15.9 Å². The van der Waals surface area contributed by atoms with Crippen LogP contribution in [0.3, 0.4) is 0 Å². The molecule has 0 radical (unpaired) electrons. The lowest BCUT2D eigenvalue weighted by Crippen LogP contribution is -2.34. The molecule has 28 heavy (non-hydrogen) atoms. The minimum absolute atomic E-state index is 0.0838. The molecule has 0 aromatic heterocycles. The number of carbonyl (C=O) groups is 2. The van der Waals surface area contributed by atoms with Gasteiger partial charge in [0.1, 0.15) is 0 Å². The normalized spacial score (nSPS) is 11.3. The number of nitrogens with one attached hydrogen (secondary N) is 1. The fourth-order valence-electron chi connectivity index (χ4n) is 2.91. The van der Waals surface area contributed by atoms with Crippen LogP contribution in [0.25, 0.3) is 0 Å². The molecule has 0 fully saturated rings. The molecule has 2 aromatic rings. The summed E-state index contributed by atoms with van der Waals surface area (Å²) in [4.78, 5) is 26.6. The molecule has 5 nitrogen and oxygen atoms in total. The van der Waals surface area contributed by atoms with Crippen LogP contribution in [-0.2, 0) is 9.59 Å². The van der Waals surface area contributed by atoms with E-state index in [9.17, 15) is 9.59 Å². The van der Waals surface area contributed by atoms with Crippen LogP contribution in [0.1, 0.15) is 44.2 Å². The summed E-state index contributed by atoms with van der Waals surface area (Å²) in [6.07, 6.45) is 1.22.